The molecule has 0 saturated heterocycles. The van der Waals surface area contributed by atoms with Crippen molar-refractivity contribution in [3.63, 3.8) is 0 Å². The fraction of sp³-hybridized carbons (Fsp3) is 0.100. The third-order valence-electron chi connectivity index (χ3n) is 1.49. The van der Waals surface area contributed by atoms with Crippen LogP contribution in [-0.2, 0) is 0 Å². The topological polar surface area (TPSA) is 57.5 Å². The van der Waals surface area contributed by atoms with Crippen molar-refractivity contribution in [3.8, 4) is 17.6 Å². The summed E-state index contributed by atoms with van der Waals surface area (Å²) in [4.78, 5) is 10.5. The van der Waals surface area contributed by atoms with Crippen molar-refractivity contribution in [2.24, 2.45) is 0 Å². The first-order valence-corrected chi connectivity index (χ1v) is 3.66. The van der Waals surface area contributed by atoms with E-state index in [9.17, 15) is 9.90 Å². The van der Waals surface area contributed by atoms with Gasteiger partial charge in [0.1, 0.15) is 12.4 Å². The Bertz CT molecular complexity index is 371. The van der Waals surface area contributed by atoms with E-state index in [2.05, 4.69) is 11.8 Å². The molecular weight excluding hydrogens is 168 g/mol. The number of aldehydes is 1. The summed E-state index contributed by atoms with van der Waals surface area (Å²) in [7, 11) is 0. The number of rotatable bonds is 1. The van der Waals surface area contributed by atoms with Crippen LogP contribution < -0.4 is 0 Å². The summed E-state index contributed by atoms with van der Waals surface area (Å²) in [5.41, 5.74) is 0.576. The van der Waals surface area contributed by atoms with Gasteiger partial charge in [-0.15, -0.1) is 0 Å². The van der Waals surface area contributed by atoms with Crippen LogP contribution in [0.4, 0.5) is 0 Å². The summed E-state index contributed by atoms with van der Waals surface area (Å²) in [6, 6.07) is 4.55. The van der Waals surface area contributed by atoms with E-state index in [1.807, 2.05) is 0 Å². The van der Waals surface area contributed by atoms with Gasteiger partial charge in [-0.2, -0.15) is 0 Å². The van der Waals surface area contributed by atoms with Crippen LogP contribution in [0.2, 0.25) is 0 Å². The highest BCUT2D eigenvalue weighted by atomic mass is 16.3. The average molecular weight is 176 g/mol. The SMILES string of the molecule is O=Cc1cccc(O)c1C#CCO. The average Bonchev–Trinajstić information content (AvgIpc) is 2.15. The fourth-order valence-electron chi connectivity index (χ4n) is 0.920. The Morgan fingerprint density at radius 2 is 2.23 bits per heavy atom. The summed E-state index contributed by atoms with van der Waals surface area (Å²) >= 11 is 0. The molecule has 1 aromatic carbocycles. The molecule has 0 saturated carbocycles. The molecule has 0 bridgehead atoms. The minimum atomic E-state index is -0.299. The van der Waals surface area contributed by atoms with Crippen LogP contribution in [0.1, 0.15) is 15.9 Å². The summed E-state index contributed by atoms with van der Waals surface area (Å²) < 4.78 is 0. The van der Waals surface area contributed by atoms with E-state index >= 15 is 0 Å². The maximum Gasteiger partial charge on any atom is 0.151 e. The van der Waals surface area contributed by atoms with E-state index in [1.165, 1.54) is 6.07 Å². The minimum Gasteiger partial charge on any atom is -0.507 e. The van der Waals surface area contributed by atoms with Gasteiger partial charge in [-0.3, -0.25) is 4.79 Å². The van der Waals surface area contributed by atoms with Gasteiger partial charge in [0.05, 0.1) is 5.56 Å². The highest BCUT2D eigenvalue weighted by molar-refractivity contribution is 5.81. The van der Waals surface area contributed by atoms with Gasteiger partial charge in [0.2, 0.25) is 0 Å². The largest absolute Gasteiger partial charge is 0.507 e. The van der Waals surface area contributed by atoms with Crippen molar-refractivity contribution in [1.82, 2.24) is 0 Å². The molecule has 0 heterocycles. The first kappa shape index (κ1) is 9.30. The van der Waals surface area contributed by atoms with Gasteiger partial charge in [0.15, 0.2) is 6.29 Å². The highest BCUT2D eigenvalue weighted by Crippen LogP contribution is 2.18. The lowest BCUT2D eigenvalue weighted by Gasteiger charge is -1.98. The van der Waals surface area contributed by atoms with Gasteiger partial charge >= 0.3 is 0 Å². The smallest absolute Gasteiger partial charge is 0.151 e. The van der Waals surface area contributed by atoms with Gasteiger partial charge in [-0.25, -0.2) is 0 Å². The monoisotopic (exact) mass is 176 g/mol. The molecular formula is C10H8O3. The first-order chi connectivity index (χ1) is 6.29. The molecule has 3 heteroatoms. The van der Waals surface area contributed by atoms with Crippen LogP contribution in [0.3, 0.4) is 0 Å². The fourth-order valence-corrected chi connectivity index (χ4v) is 0.920. The summed E-state index contributed by atoms with van der Waals surface area (Å²) in [5.74, 6) is 4.82. The van der Waals surface area contributed by atoms with Crippen LogP contribution in [0.5, 0.6) is 5.75 Å². The summed E-state index contributed by atoms with van der Waals surface area (Å²) in [6.07, 6.45) is 0.612. The maximum atomic E-state index is 10.5. The van der Waals surface area contributed by atoms with Crippen molar-refractivity contribution in [1.29, 1.82) is 0 Å². The zero-order valence-electron chi connectivity index (χ0n) is 6.82. The van der Waals surface area contributed by atoms with E-state index in [0.29, 0.717) is 11.8 Å². The van der Waals surface area contributed by atoms with Crippen molar-refractivity contribution >= 4 is 6.29 Å². The molecule has 0 spiro atoms. The number of aromatic hydroxyl groups is 1. The lowest BCUT2D eigenvalue weighted by molar-refractivity contribution is 0.112. The number of phenols is 1. The van der Waals surface area contributed by atoms with Crippen molar-refractivity contribution in [3.05, 3.63) is 29.3 Å². The second-order valence-electron chi connectivity index (χ2n) is 2.32. The molecule has 1 rings (SSSR count). The zero-order valence-corrected chi connectivity index (χ0v) is 6.82. The lowest BCUT2D eigenvalue weighted by atomic mass is 10.1. The predicted molar refractivity (Wildman–Crippen MR) is 47.5 cm³/mol. The van der Waals surface area contributed by atoms with E-state index in [1.54, 1.807) is 12.1 Å². The molecule has 0 radical (unpaired) electrons. The molecule has 0 aromatic heterocycles. The van der Waals surface area contributed by atoms with Crippen molar-refractivity contribution in [2.45, 2.75) is 0 Å². The second kappa shape index (κ2) is 4.29. The second-order valence-corrected chi connectivity index (χ2v) is 2.32. The number of carbonyl (C=O) groups excluding carboxylic acids is 1. The Morgan fingerprint density at radius 3 is 2.85 bits per heavy atom. The van der Waals surface area contributed by atoms with E-state index in [-0.39, 0.29) is 17.9 Å². The van der Waals surface area contributed by atoms with Gasteiger partial charge in [0, 0.05) is 5.56 Å². The number of carbonyl (C=O) groups is 1. The Kier molecular flexibility index (Phi) is 3.07. The van der Waals surface area contributed by atoms with Crippen molar-refractivity contribution < 1.29 is 15.0 Å². The Balaban J connectivity index is 3.22. The molecule has 3 nitrogen and oxygen atoms in total. The normalized spacial score (nSPS) is 8.69. The molecule has 0 aliphatic heterocycles. The number of benzene rings is 1. The predicted octanol–water partition coefficient (Wildman–Crippen LogP) is 0.548. The molecule has 0 fully saturated rings. The van der Waals surface area contributed by atoms with Crippen LogP contribution in [-0.4, -0.2) is 23.1 Å². The first-order valence-electron chi connectivity index (χ1n) is 3.66. The van der Waals surface area contributed by atoms with E-state index in [4.69, 9.17) is 5.11 Å². The number of phenolic OH excluding ortho intramolecular Hbond substituents is 1. The Hall–Kier alpha value is -1.79. The number of aliphatic hydroxyl groups excluding tert-OH is 1. The molecule has 0 unspecified atom stereocenters. The standard InChI is InChI=1S/C10H8O3/c11-6-2-4-9-8(7-12)3-1-5-10(9)13/h1,3,5,7,11,13H,6H2. The third-order valence-corrected chi connectivity index (χ3v) is 1.49. The lowest BCUT2D eigenvalue weighted by Crippen LogP contribution is -1.87. The molecule has 1 aromatic rings. The number of aliphatic hydroxyl groups is 1. The van der Waals surface area contributed by atoms with E-state index in [0.717, 1.165) is 0 Å². The Labute approximate surface area is 75.6 Å². The molecule has 0 atom stereocenters. The quantitative estimate of drug-likeness (QED) is 0.485. The summed E-state index contributed by atoms with van der Waals surface area (Å²) in [6.45, 7) is -0.299. The summed E-state index contributed by atoms with van der Waals surface area (Å²) in [5, 5.41) is 17.7. The van der Waals surface area contributed by atoms with Gasteiger partial charge < -0.3 is 10.2 Å². The molecule has 0 amide bonds. The highest BCUT2D eigenvalue weighted by Gasteiger charge is 2.02. The van der Waals surface area contributed by atoms with Crippen molar-refractivity contribution in [2.75, 3.05) is 6.61 Å². The third kappa shape index (κ3) is 2.08. The van der Waals surface area contributed by atoms with Gasteiger partial charge in [0.25, 0.3) is 0 Å². The van der Waals surface area contributed by atoms with Gasteiger partial charge in [-0.05, 0) is 6.07 Å². The molecule has 66 valence electrons. The number of hydrogen-bond acceptors (Lipinski definition) is 3. The molecule has 2 N–H and O–H groups in total. The zero-order chi connectivity index (χ0) is 9.68. The molecule has 13 heavy (non-hydrogen) atoms. The molecule has 0 aliphatic rings. The van der Waals surface area contributed by atoms with Gasteiger partial charge in [-0.1, -0.05) is 24.0 Å². The van der Waals surface area contributed by atoms with Crippen LogP contribution in [0, 0.1) is 11.8 Å². The molecule has 0 aliphatic carbocycles. The minimum absolute atomic E-state index is 0.0504. The van der Waals surface area contributed by atoms with Crippen LogP contribution in [0.15, 0.2) is 18.2 Å². The Morgan fingerprint density at radius 1 is 1.46 bits per heavy atom. The number of hydrogen-bond donors (Lipinski definition) is 2. The van der Waals surface area contributed by atoms with E-state index < -0.39 is 0 Å². The maximum absolute atomic E-state index is 10.5. The van der Waals surface area contributed by atoms with Crippen LogP contribution >= 0.6 is 0 Å². The van der Waals surface area contributed by atoms with Crippen LogP contribution in [0.25, 0.3) is 0 Å².